The molecule has 4 atom stereocenters. The van der Waals surface area contributed by atoms with E-state index in [4.69, 9.17) is 0 Å². The fraction of sp³-hybridized carbons (Fsp3) is 0.385. The third-order valence-corrected chi connectivity index (χ3v) is 6.52. The molecule has 30 heavy (non-hydrogen) atoms. The smallest absolute Gasteiger partial charge is 0.247 e. The number of carbonyl (C=O) groups is 2. The maximum atomic E-state index is 13.2. The number of benzene rings is 2. The second kappa shape index (κ2) is 9.29. The zero-order valence-corrected chi connectivity index (χ0v) is 17.5. The highest BCUT2D eigenvalue weighted by molar-refractivity contribution is 5.96. The summed E-state index contributed by atoms with van der Waals surface area (Å²) in [4.78, 5) is 28.3. The van der Waals surface area contributed by atoms with Crippen molar-refractivity contribution >= 4 is 17.9 Å². The molecule has 2 aromatic carbocycles. The molecular weight excluding hydrogens is 372 g/mol. The van der Waals surface area contributed by atoms with Crippen LogP contribution in [0.3, 0.4) is 0 Å². The van der Waals surface area contributed by atoms with Crippen LogP contribution in [0.25, 0.3) is 6.08 Å². The number of likely N-dealkylation sites (tertiary alicyclic amines) is 1. The predicted molar refractivity (Wildman–Crippen MR) is 119 cm³/mol. The molecule has 1 saturated heterocycles. The van der Waals surface area contributed by atoms with Gasteiger partial charge in [0.2, 0.25) is 11.8 Å². The molecule has 4 heteroatoms. The normalized spacial score (nSPS) is 24.4. The quantitative estimate of drug-likeness (QED) is 0.735. The van der Waals surface area contributed by atoms with E-state index in [1.165, 1.54) is 6.42 Å². The Morgan fingerprint density at radius 1 is 1.00 bits per heavy atom. The third kappa shape index (κ3) is 4.48. The molecule has 1 heterocycles. The first kappa shape index (κ1) is 20.4. The summed E-state index contributed by atoms with van der Waals surface area (Å²) in [5.41, 5.74) is 2.06. The minimum absolute atomic E-state index is 0.0396. The molecule has 0 aromatic heterocycles. The molecule has 1 aliphatic carbocycles. The van der Waals surface area contributed by atoms with Crippen LogP contribution in [-0.4, -0.2) is 28.8 Å². The van der Waals surface area contributed by atoms with Crippen molar-refractivity contribution in [2.24, 2.45) is 5.92 Å². The van der Waals surface area contributed by atoms with E-state index in [9.17, 15) is 9.59 Å². The summed E-state index contributed by atoms with van der Waals surface area (Å²) in [7, 11) is 0. The lowest BCUT2D eigenvalue weighted by Crippen LogP contribution is -2.49. The summed E-state index contributed by atoms with van der Waals surface area (Å²) >= 11 is 0. The van der Waals surface area contributed by atoms with Crippen molar-refractivity contribution in [1.29, 1.82) is 0 Å². The van der Waals surface area contributed by atoms with Gasteiger partial charge in [0.1, 0.15) is 6.04 Å². The molecular formula is C26H30N2O2. The van der Waals surface area contributed by atoms with Crippen LogP contribution in [0.1, 0.15) is 56.2 Å². The fourth-order valence-corrected chi connectivity index (χ4v) is 4.96. The maximum Gasteiger partial charge on any atom is 0.247 e. The van der Waals surface area contributed by atoms with E-state index in [1.54, 1.807) is 6.08 Å². The zero-order valence-electron chi connectivity index (χ0n) is 17.5. The molecule has 2 aliphatic rings. The lowest BCUT2D eigenvalue weighted by Gasteiger charge is -2.33. The Kier molecular flexibility index (Phi) is 6.32. The van der Waals surface area contributed by atoms with Gasteiger partial charge in [-0.05, 0) is 49.3 Å². The van der Waals surface area contributed by atoms with Crippen molar-refractivity contribution < 1.29 is 9.59 Å². The molecule has 1 saturated carbocycles. The zero-order chi connectivity index (χ0) is 20.9. The third-order valence-electron chi connectivity index (χ3n) is 6.52. The topological polar surface area (TPSA) is 49.4 Å². The molecule has 1 aliphatic heterocycles. The Labute approximate surface area is 179 Å². The van der Waals surface area contributed by atoms with Crippen LogP contribution >= 0.6 is 0 Å². The van der Waals surface area contributed by atoms with Crippen molar-refractivity contribution in [2.45, 2.75) is 57.2 Å². The second-order valence-electron chi connectivity index (χ2n) is 8.49. The van der Waals surface area contributed by atoms with Gasteiger partial charge in [-0.1, -0.05) is 73.5 Å². The molecule has 0 bridgehead atoms. The number of nitrogens with zero attached hydrogens (tertiary/aromatic N) is 1. The SMILES string of the molecule is CC(NC(=O)C1CC2CCCCC2N1C(=O)/C=C/c1ccccc1)c1ccccc1. The Morgan fingerprint density at radius 2 is 1.67 bits per heavy atom. The molecule has 1 N–H and O–H groups in total. The lowest BCUT2D eigenvalue weighted by molar-refractivity contribution is -0.137. The van der Waals surface area contributed by atoms with Crippen LogP contribution in [0.15, 0.2) is 66.7 Å². The first-order valence-corrected chi connectivity index (χ1v) is 11.0. The van der Waals surface area contributed by atoms with Crippen molar-refractivity contribution in [3.63, 3.8) is 0 Å². The summed E-state index contributed by atoms with van der Waals surface area (Å²) < 4.78 is 0. The van der Waals surface area contributed by atoms with Gasteiger partial charge in [0.05, 0.1) is 6.04 Å². The second-order valence-corrected chi connectivity index (χ2v) is 8.49. The van der Waals surface area contributed by atoms with Gasteiger partial charge in [0, 0.05) is 12.1 Å². The van der Waals surface area contributed by atoms with Crippen LogP contribution < -0.4 is 5.32 Å². The summed E-state index contributed by atoms with van der Waals surface area (Å²) in [6, 6.07) is 19.5. The van der Waals surface area contributed by atoms with Crippen LogP contribution in [0.4, 0.5) is 0 Å². The first-order valence-electron chi connectivity index (χ1n) is 11.0. The van der Waals surface area contributed by atoms with E-state index in [-0.39, 0.29) is 23.9 Å². The molecule has 2 fully saturated rings. The van der Waals surface area contributed by atoms with E-state index < -0.39 is 6.04 Å². The standard InChI is InChI=1S/C26H30N2O2/c1-19(21-12-6-3-7-13-21)27-26(30)24-18-22-14-8-9-15-23(22)28(24)25(29)17-16-20-10-4-2-5-11-20/h2-7,10-13,16-17,19,22-24H,8-9,14-15,18H2,1H3,(H,27,30)/b17-16+. The maximum absolute atomic E-state index is 13.2. The molecule has 4 unspecified atom stereocenters. The van der Waals surface area contributed by atoms with Crippen LogP contribution in [-0.2, 0) is 9.59 Å². The fourth-order valence-electron chi connectivity index (χ4n) is 4.96. The summed E-state index contributed by atoms with van der Waals surface area (Å²) in [6.45, 7) is 2.00. The first-order chi connectivity index (χ1) is 14.6. The summed E-state index contributed by atoms with van der Waals surface area (Å²) in [6.07, 6.45) is 8.67. The monoisotopic (exact) mass is 402 g/mol. The number of fused-ring (bicyclic) bond motifs is 1. The minimum atomic E-state index is -0.391. The molecule has 4 rings (SSSR count). The van der Waals surface area contributed by atoms with Crippen molar-refractivity contribution in [1.82, 2.24) is 10.2 Å². The molecule has 0 spiro atoms. The molecule has 2 aromatic rings. The molecule has 0 radical (unpaired) electrons. The van der Waals surface area contributed by atoms with Crippen molar-refractivity contribution in [3.05, 3.63) is 77.9 Å². The van der Waals surface area contributed by atoms with Crippen LogP contribution in [0.5, 0.6) is 0 Å². The Morgan fingerprint density at radius 3 is 2.40 bits per heavy atom. The van der Waals surface area contributed by atoms with Crippen LogP contribution in [0, 0.1) is 5.92 Å². The average Bonchev–Trinajstić information content (AvgIpc) is 3.18. The van der Waals surface area contributed by atoms with Gasteiger partial charge in [-0.15, -0.1) is 0 Å². The highest BCUT2D eigenvalue weighted by atomic mass is 16.2. The Balaban J connectivity index is 1.51. The van der Waals surface area contributed by atoms with E-state index >= 15 is 0 Å². The Bertz CT molecular complexity index is 894. The largest absolute Gasteiger partial charge is 0.348 e. The average molecular weight is 403 g/mol. The molecule has 4 nitrogen and oxygen atoms in total. The van der Waals surface area contributed by atoms with E-state index in [0.717, 1.165) is 36.8 Å². The highest BCUT2D eigenvalue weighted by Gasteiger charge is 2.46. The highest BCUT2D eigenvalue weighted by Crippen LogP contribution is 2.40. The Hall–Kier alpha value is -2.88. The van der Waals surface area contributed by atoms with Crippen molar-refractivity contribution in [2.75, 3.05) is 0 Å². The van der Waals surface area contributed by atoms with Gasteiger partial charge < -0.3 is 10.2 Å². The van der Waals surface area contributed by atoms with Gasteiger partial charge in [0.15, 0.2) is 0 Å². The molecule has 2 amide bonds. The van der Waals surface area contributed by atoms with Gasteiger partial charge in [-0.3, -0.25) is 9.59 Å². The predicted octanol–water partition coefficient (Wildman–Crippen LogP) is 4.74. The van der Waals surface area contributed by atoms with Gasteiger partial charge in [0.25, 0.3) is 0 Å². The van der Waals surface area contributed by atoms with Crippen LogP contribution in [0.2, 0.25) is 0 Å². The van der Waals surface area contributed by atoms with E-state index in [0.29, 0.717) is 5.92 Å². The number of hydrogen-bond acceptors (Lipinski definition) is 2. The van der Waals surface area contributed by atoms with E-state index in [2.05, 4.69) is 5.32 Å². The number of hydrogen-bond donors (Lipinski definition) is 1. The van der Waals surface area contributed by atoms with Gasteiger partial charge >= 0.3 is 0 Å². The minimum Gasteiger partial charge on any atom is -0.348 e. The van der Waals surface area contributed by atoms with E-state index in [1.807, 2.05) is 78.6 Å². The van der Waals surface area contributed by atoms with Gasteiger partial charge in [-0.2, -0.15) is 0 Å². The number of nitrogens with one attached hydrogen (secondary N) is 1. The van der Waals surface area contributed by atoms with Crippen molar-refractivity contribution in [3.8, 4) is 0 Å². The molecule has 156 valence electrons. The number of carbonyl (C=O) groups excluding carboxylic acids is 2. The lowest BCUT2D eigenvalue weighted by atomic mass is 9.84. The summed E-state index contributed by atoms with van der Waals surface area (Å²) in [5.74, 6) is 0.332. The number of rotatable bonds is 5. The number of amides is 2. The van der Waals surface area contributed by atoms with Gasteiger partial charge in [-0.25, -0.2) is 0 Å². The summed E-state index contributed by atoms with van der Waals surface area (Å²) in [5, 5.41) is 3.15.